The lowest BCUT2D eigenvalue weighted by atomic mass is 9.80. The Hall–Kier alpha value is -0.810. The van der Waals surface area contributed by atoms with Crippen molar-refractivity contribution in [3.63, 3.8) is 0 Å². The van der Waals surface area contributed by atoms with Crippen molar-refractivity contribution in [2.24, 2.45) is 5.92 Å². The summed E-state index contributed by atoms with van der Waals surface area (Å²) in [5.41, 5.74) is 0.142. The summed E-state index contributed by atoms with van der Waals surface area (Å²) in [6, 6.07) is 0. The molecule has 0 aliphatic carbocycles. The molecule has 1 atom stereocenters. The molecule has 20 heavy (non-hydrogen) atoms. The first-order valence-electron chi connectivity index (χ1n) is 7.86. The van der Waals surface area contributed by atoms with Gasteiger partial charge in [0.2, 0.25) is 0 Å². The Bertz CT molecular complexity index is 329. The second-order valence-corrected chi connectivity index (χ2v) is 6.55. The standard InChI is InChI=1S/C15H29N3O2/c1-13(2)11-15(18-9-6-16-7-10-18)5-4-8-17(12-15)14(19)20-3/h13,16H,4-12H2,1-3H3. The maximum Gasteiger partial charge on any atom is 0.409 e. The maximum absolute atomic E-state index is 11.9. The zero-order valence-corrected chi connectivity index (χ0v) is 13.2. The number of nitrogens with one attached hydrogen (secondary N) is 1. The Balaban J connectivity index is 2.14. The van der Waals surface area contributed by atoms with Crippen LogP contribution in [0.4, 0.5) is 4.79 Å². The highest BCUT2D eigenvalue weighted by molar-refractivity contribution is 5.67. The minimum absolute atomic E-state index is 0.142. The van der Waals surface area contributed by atoms with Crippen LogP contribution in [-0.2, 0) is 4.74 Å². The van der Waals surface area contributed by atoms with Gasteiger partial charge in [-0.15, -0.1) is 0 Å². The Morgan fingerprint density at radius 1 is 1.30 bits per heavy atom. The molecule has 0 bridgehead atoms. The largest absolute Gasteiger partial charge is 0.453 e. The highest BCUT2D eigenvalue weighted by Gasteiger charge is 2.42. The van der Waals surface area contributed by atoms with Crippen molar-refractivity contribution in [1.29, 1.82) is 0 Å². The van der Waals surface area contributed by atoms with E-state index in [-0.39, 0.29) is 11.6 Å². The Morgan fingerprint density at radius 3 is 2.60 bits per heavy atom. The zero-order chi connectivity index (χ0) is 14.6. The van der Waals surface area contributed by atoms with Gasteiger partial charge in [-0.3, -0.25) is 4.90 Å². The van der Waals surface area contributed by atoms with E-state index < -0.39 is 0 Å². The second-order valence-electron chi connectivity index (χ2n) is 6.55. The fourth-order valence-corrected chi connectivity index (χ4v) is 3.85. The van der Waals surface area contributed by atoms with Gasteiger partial charge in [0, 0.05) is 44.8 Å². The van der Waals surface area contributed by atoms with Crippen LogP contribution in [0.3, 0.4) is 0 Å². The monoisotopic (exact) mass is 283 g/mol. The first-order valence-corrected chi connectivity index (χ1v) is 7.86. The third kappa shape index (κ3) is 3.44. The number of rotatable bonds is 3. The molecule has 1 N–H and O–H groups in total. The van der Waals surface area contributed by atoms with E-state index >= 15 is 0 Å². The normalized spacial score (nSPS) is 28.7. The number of nitrogens with zero attached hydrogens (tertiary/aromatic N) is 2. The van der Waals surface area contributed by atoms with Crippen molar-refractivity contribution in [2.45, 2.75) is 38.6 Å². The number of ether oxygens (including phenoxy) is 1. The predicted molar refractivity (Wildman–Crippen MR) is 79.8 cm³/mol. The number of amides is 1. The van der Waals surface area contributed by atoms with Gasteiger partial charge >= 0.3 is 6.09 Å². The van der Waals surface area contributed by atoms with Crippen LogP contribution in [-0.4, -0.2) is 67.8 Å². The minimum Gasteiger partial charge on any atom is -0.453 e. The highest BCUT2D eigenvalue weighted by atomic mass is 16.5. The summed E-state index contributed by atoms with van der Waals surface area (Å²) >= 11 is 0. The van der Waals surface area contributed by atoms with E-state index in [9.17, 15) is 4.79 Å². The van der Waals surface area contributed by atoms with E-state index in [1.54, 1.807) is 0 Å². The van der Waals surface area contributed by atoms with Crippen LogP contribution < -0.4 is 5.32 Å². The van der Waals surface area contributed by atoms with Gasteiger partial charge < -0.3 is 15.0 Å². The summed E-state index contributed by atoms with van der Waals surface area (Å²) in [6.07, 6.45) is 3.25. The SMILES string of the molecule is COC(=O)N1CCCC(CC(C)C)(N2CCNCC2)C1. The Labute approximate surface area is 122 Å². The van der Waals surface area contributed by atoms with Crippen LogP contribution in [0.2, 0.25) is 0 Å². The van der Waals surface area contributed by atoms with E-state index in [2.05, 4.69) is 24.1 Å². The first-order chi connectivity index (χ1) is 9.57. The maximum atomic E-state index is 11.9. The predicted octanol–water partition coefficient (Wildman–Crippen LogP) is 1.54. The third-order valence-electron chi connectivity index (χ3n) is 4.56. The van der Waals surface area contributed by atoms with Gasteiger partial charge in [0.1, 0.15) is 0 Å². The molecule has 0 aromatic heterocycles. The van der Waals surface area contributed by atoms with Crippen LogP contribution in [0.15, 0.2) is 0 Å². The number of hydrogen-bond donors (Lipinski definition) is 1. The van der Waals surface area contributed by atoms with Crippen LogP contribution >= 0.6 is 0 Å². The summed E-state index contributed by atoms with van der Waals surface area (Å²) < 4.78 is 4.93. The molecule has 0 spiro atoms. The molecule has 1 unspecified atom stereocenters. The molecule has 0 aromatic carbocycles. The molecule has 1 amide bonds. The van der Waals surface area contributed by atoms with Gasteiger partial charge in [-0.2, -0.15) is 0 Å². The van der Waals surface area contributed by atoms with E-state index in [0.29, 0.717) is 5.92 Å². The van der Waals surface area contributed by atoms with Gasteiger partial charge in [-0.1, -0.05) is 13.8 Å². The van der Waals surface area contributed by atoms with Gasteiger partial charge in [-0.25, -0.2) is 4.79 Å². The summed E-state index contributed by atoms with van der Waals surface area (Å²) in [4.78, 5) is 16.4. The number of methoxy groups -OCH3 is 1. The van der Waals surface area contributed by atoms with E-state index in [4.69, 9.17) is 4.74 Å². The van der Waals surface area contributed by atoms with E-state index in [1.165, 1.54) is 13.5 Å². The second kappa shape index (κ2) is 6.76. The number of likely N-dealkylation sites (tertiary alicyclic amines) is 1. The molecule has 2 saturated heterocycles. The minimum atomic E-state index is -0.173. The molecule has 2 aliphatic heterocycles. The molecule has 2 rings (SSSR count). The smallest absolute Gasteiger partial charge is 0.409 e. The average molecular weight is 283 g/mol. The van der Waals surface area contributed by atoms with Gasteiger partial charge in [0.05, 0.1) is 7.11 Å². The lowest BCUT2D eigenvalue weighted by Crippen LogP contribution is -2.63. The summed E-state index contributed by atoms with van der Waals surface area (Å²) in [5.74, 6) is 0.641. The topological polar surface area (TPSA) is 44.8 Å². The van der Waals surface area contributed by atoms with E-state index in [1.807, 2.05) is 4.90 Å². The number of carbonyl (C=O) groups excluding carboxylic acids is 1. The molecule has 0 aromatic rings. The van der Waals surface area contributed by atoms with Crippen molar-refractivity contribution < 1.29 is 9.53 Å². The van der Waals surface area contributed by atoms with Crippen molar-refractivity contribution in [2.75, 3.05) is 46.4 Å². The molecule has 0 radical (unpaired) electrons. The van der Waals surface area contributed by atoms with Gasteiger partial charge in [-0.05, 0) is 25.2 Å². The Morgan fingerprint density at radius 2 is 2.00 bits per heavy atom. The lowest BCUT2D eigenvalue weighted by molar-refractivity contribution is -0.00852. The first kappa shape index (κ1) is 15.6. The Kier molecular flexibility index (Phi) is 5.27. The van der Waals surface area contributed by atoms with Crippen molar-refractivity contribution in [3.05, 3.63) is 0 Å². The van der Waals surface area contributed by atoms with Crippen molar-refractivity contribution in [1.82, 2.24) is 15.1 Å². The molecule has 2 fully saturated rings. The van der Waals surface area contributed by atoms with Gasteiger partial charge in [0.15, 0.2) is 0 Å². The third-order valence-corrected chi connectivity index (χ3v) is 4.56. The van der Waals surface area contributed by atoms with Crippen LogP contribution in [0.25, 0.3) is 0 Å². The number of carbonyl (C=O) groups is 1. The number of hydrogen-bond acceptors (Lipinski definition) is 4. The van der Waals surface area contributed by atoms with Crippen LogP contribution in [0.1, 0.15) is 33.1 Å². The van der Waals surface area contributed by atoms with Crippen LogP contribution in [0, 0.1) is 5.92 Å². The molecule has 0 saturated carbocycles. The van der Waals surface area contributed by atoms with Crippen LogP contribution in [0.5, 0.6) is 0 Å². The molecule has 2 heterocycles. The van der Waals surface area contributed by atoms with E-state index in [0.717, 1.165) is 52.1 Å². The lowest BCUT2D eigenvalue weighted by Gasteiger charge is -2.51. The van der Waals surface area contributed by atoms with Crippen molar-refractivity contribution in [3.8, 4) is 0 Å². The fraction of sp³-hybridized carbons (Fsp3) is 0.933. The average Bonchev–Trinajstić information content (AvgIpc) is 2.47. The summed E-state index contributed by atoms with van der Waals surface area (Å²) in [5, 5.41) is 3.42. The number of piperazine rings is 1. The molecule has 2 aliphatic rings. The van der Waals surface area contributed by atoms with Gasteiger partial charge in [0.25, 0.3) is 0 Å². The quantitative estimate of drug-likeness (QED) is 0.853. The molecular formula is C15H29N3O2. The molecule has 5 nitrogen and oxygen atoms in total. The van der Waals surface area contributed by atoms with Crippen molar-refractivity contribution >= 4 is 6.09 Å². The molecule has 116 valence electrons. The number of piperidine rings is 1. The highest BCUT2D eigenvalue weighted by Crippen LogP contribution is 2.34. The molecule has 5 heteroatoms. The molecular weight excluding hydrogens is 254 g/mol. The fourth-order valence-electron chi connectivity index (χ4n) is 3.85. The summed E-state index contributed by atoms with van der Waals surface area (Å²) in [6.45, 7) is 10.5. The zero-order valence-electron chi connectivity index (χ0n) is 13.2. The summed E-state index contributed by atoms with van der Waals surface area (Å²) in [7, 11) is 1.48.